The van der Waals surface area contributed by atoms with Crippen LogP contribution in [0.15, 0.2) is 42.5 Å². The lowest BCUT2D eigenvalue weighted by atomic mass is 10.0. The summed E-state index contributed by atoms with van der Waals surface area (Å²) in [6.45, 7) is 1.89. The van der Waals surface area contributed by atoms with E-state index < -0.39 is 11.7 Å². The summed E-state index contributed by atoms with van der Waals surface area (Å²) >= 11 is 0. The lowest BCUT2D eigenvalue weighted by Crippen LogP contribution is -2.09. The van der Waals surface area contributed by atoms with E-state index in [2.05, 4.69) is 15.2 Å². The second kappa shape index (κ2) is 5.99. The maximum Gasteiger partial charge on any atom is 0.416 e. The molecule has 124 valence electrons. The lowest BCUT2D eigenvalue weighted by molar-refractivity contribution is -0.138. The molecule has 7 heteroatoms. The van der Waals surface area contributed by atoms with Gasteiger partial charge in [-0.2, -0.15) is 18.3 Å². The number of hydrogen-bond acceptors (Lipinski definition) is 3. The van der Waals surface area contributed by atoms with E-state index in [1.54, 1.807) is 12.1 Å². The monoisotopic (exact) mass is 332 g/mol. The minimum absolute atomic E-state index is 0.0179. The highest BCUT2D eigenvalue weighted by Crippen LogP contribution is 2.32. The topological polar surface area (TPSA) is 67.6 Å². The number of nitrogen functional groups attached to an aromatic ring is 1. The molecule has 0 radical (unpaired) electrons. The lowest BCUT2D eigenvalue weighted by Gasteiger charge is -2.11. The predicted molar refractivity (Wildman–Crippen MR) is 85.2 cm³/mol. The third-order valence-electron chi connectivity index (χ3n) is 3.75. The Morgan fingerprint density at radius 3 is 2.58 bits per heavy atom. The number of hydrogen-bond donors (Lipinski definition) is 2. The van der Waals surface area contributed by atoms with E-state index in [1.165, 1.54) is 12.1 Å². The van der Waals surface area contributed by atoms with Gasteiger partial charge in [0.25, 0.3) is 0 Å². The number of nitrogens with one attached hydrogen (secondary N) is 1. The minimum Gasteiger partial charge on any atom is -0.398 e. The van der Waals surface area contributed by atoms with Gasteiger partial charge in [0, 0.05) is 17.7 Å². The Morgan fingerprint density at radius 1 is 1.12 bits per heavy atom. The molecule has 4 nitrogen and oxygen atoms in total. The van der Waals surface area contributed by atoms with Gasteiger partial charge in [0.2, 0.25) is 0 Å². The molecule has 2 aromatic carbocycles. The van der Waals surface area contributed by atoms with Crippen LogP contribution in [0.3, 0.4) is 0 Å². The molecule has 0 aliphatic carbocycles. The number of nitrogens with two attached hydrogens (primary N) is 1. The van der Waals surface area contributed by atoms with Crippen molar-refractivity contribution in [1.82, 2.24) is 15.2 Å². The Balaban J connectivity index is 1.89. The Hall–Kier alpha value is -2.83. The summed E-state index contributed by atoms with van der Waals surface area (Å²) in [5.74, 6) is 0.766. The Kier molecular flexibility index (Phi) is 4.01. The van der Waals surface area contributed by atoms with E-state index in [9.17, 15) is 13.2 Å². The second-order valence-corrected chi connectivity index (χ2v) is 5.51. The third kappa shape index (κ3) is 3.24. The smallest absolute Gasteiger partial charge is 0.398 e. The second-order valence-electron chi connectivity index (χ2n) is 5.51. The van der Waals surface area contributed by atoms with Gasteiger partial charge in [-0.15, -0.1) is 0 Å². The van der Waals surface area contributed by atoms with E-state index in [-0.39, 0.29) is 12.0 Å². The van der Waals surface area contributed by atoms with E-state index in [1.807, 2.05) is 19.1 Å². The molecule has 0 aliphatic rings. The van der Waals surface area contributed by atoms with Crippen LogP contribution in [-0.2, 0) is 12.6 Å². The van der Waals surface area contributed by atoms with Crippen molar-refractivity contribution in [2.75, 3.05) is 5.73 Å². The van der Waals surface area contributed by atoms with Crippen LogP contribution in [0.2, 0.25) is 0 Å². The number of aromatic nitrogens is 3. The number of aromatic amines is 1. The highest BCUT2D eigenvalue weighted by atomic mass is 19.4. The van der Waals surface area contributed by atoms with Crippen molar-refractivity contribution in [2.45, 2.75) is 19.5 Å². The molecule has 0 saturated carbocycles. The number of H-pyrrole nitrogens is 1. The van der Waals surface area contributed by atoms with Gasteiger partial charge in [-0.25, -0.2) is 4.98 Å². The van der Waals surface area contributed by atoms with Crippen molar-refractivity contribution < 1.29 is 13.2 Å². The van der Waals surface area contributed by atoms with Crippen molar-refractivity contribution in [3.05, 3.63) is 65.0 Å². The van der Waals surface area contributed by atoms with Gasteiger partial charge in [-0.3, -0.25) is 5.10 Å². The quantitative estimate of drug-likeness (QED) is 0.713. The molecule has 0 fully saturated rings. The van der Waals surface area contributed by atoms with Gasteiger partial charge in [0.15, 0.2) is 5.82 Å². The SMILES string of the molecule is Cc1ccc(-c2n[nH]c(Cc3ccccc3C(F)(F)F)n2)cc1N. The summed E-state index contributed by atoms with van der Waals surface area (Å²) in [7, 11) is 0. The fraction of sp³-hybridized carbons (Fsp3) is 0.176. The molecule has 3 rings (SSSR count). The molecule has 1 heterocycles. The van der Waals surface area contributed by atoms with Crippen LogP contribution in [0, 0.1) is 6.92 Å². The van der Waals surface area contributed by atoms with Crippen molar-refractivity contribution in [3.63, 3.8) is 0 Å². The summed E-state index contributed by atoms with van der Waals surface area (Å²) in [6.07, 6.45) is -4.38. The highest BCUT2D eigenvalue weighted by molar-refractivity contribution is 5.63. The number of alkyl halides is 3. The van der Waals surface area contributed by atoms with E-state index in [0.717, 1.165) is 11.6 Å². The van der Waals surface area contributed by atoms with E-state index >= 15 is 0 Å². The Bertz CT molecular complexity index is 868. The van der Waals surface area contributed by atoms with Gasteiger partial charge in [0.05, 0.1) is 5.56 Å². The first-order valence-corrected chi connectivity index (χ1v) is 7.27. The Labute approximate surface area is 136 Å². The maximum atomic E-state index is 13.0. The Morgan fingerprint density at radius 2 is 1.88 bits per heavy atom. The molecule has 0 aliphatic heterocycles. The molecule has 0 bridgehead atoms. The molecule has 0 unspecified atom stereocenters. The van der Waals surface area contributed by atoms with Gasteiger partial charge < -0.3 is 5.73 Å². The van der Waals surface area contributed by atoms with Crippen molar-refractivity contribution in [1.29, 1.82) is 0 Å². The molecule has 0 atom stereocenters. The zero-order valence-corrected chi connectivity index (χ0v) is 12.9. The van der Waals surface area contributed by atoms with E-state index in [0.29, 0.717) is 22.9 Å². The summed E-state index contributed by atoms with van der Waals surface area (Å²) < 4.78 is 39.1. The highest BCUT2D eigenvalue weighted by Gasteiger charge is 2.33. The van der Waals surface area contributed by atoms with E-state index in [4.69, 9.17) is 5.73 Å². The molecular weight excluding hydrogens is 317 g/mol. The van der Waals surface area contributed by atoms with Gasteiger partial charge >= 0.3 is 6.18 Å². The van der Waals surface area contributed by atoms with Crippen LogP contribution in [-0.4, -0.2) is 15.2 Å². The molecular formula is C17H15F3N4. The summed E-state index contributed by atoms with van der Waals surface area (Å²) in [6, 6.07) is 10.9. The van der Waals surface area contributed by atoms with Gasteiger partial charge in [0.1, 0.15) is 5.82 Å². The summed E-state index contributed by atoms with van der Waals surface area (Å²) in [5.41, 5.74) is 7.61. The molecule has 3 aromatic rings. The summed E-state index contributed by atoms with van der Waals surface area (Å²) in [4.78, 5) is 4.28. The normalized spacial score (nSPS) is 11.7. The van der Waals surface area contributed by atoms with Gasteiger partial charge in [-0.05, 0) is 30.2 Å². The zero-order valence-electron chi connectivity index (χ0n) is 12.9. The first-order chi connectivity index (χ1) is 11.3. The molecule has 3 N–H and O–H groups in total. The number of anilines is 1. The van der Waals surface area contributed by atoms with Crippen LogP contribution in [0.1, 0.15) is 22.5 Å². The fourth-order valence-electron chi connectivity index (χ4n) is 2.41. The van der Waals surface area contributed by atoms with Crippen LogP contribution < -0.4 is 5.73 Å². The first-order valence-electron chi connectivity index (χ1n) is 7.27. The summed E-state index contributed by atoms with van der Waals surface area (Å²) in [5, 5.41) is 6.77. The molecule has 24 heavy (non-hydrogen) atoms. The number of benzene rings is 2. The van der Waals surface area contributed by atoms with Crippen LogP contribution in [0.25, 0.3) is 11.4 Å². The largest absolute Gasteiger partial charge is 0.416 e. The molecule has 0 saturated heterocycles. The van der Waals surface area contributed by atoms with Crippen LogP contribution >= 0.6 is 0 Å². The third-order valence-corrected chi connectivity index (χ3v) is 3.75. The molecule has 1 aromatic heterocycles. The maximum absolute atomic E-state index is 13.0. The number of halogens is 3. The number of nitrogens with zero attached hydrogens (tertiary/aromatic N) is 2. The predicted octanol–water partition coefficient (Wildman–Crippen LogP) is 3.97. The number of aryl methyl sites for hydroxylation is 1. The molecule has 0 spiro atoms. The average Bonchev–Trinajstić information content (AvgIpc) is 2.98. The standard InChI is InChI=1S/C17H15F3N4/c1-10-6-7-12(8-14(10)21)16-22-15(23-24-16)9-11-4-2-3-5-13(11)17(18,19)20/h2-8H,9,21H2,1H3,(H,22,23,24). The average molecular weight is 332 g/mol. The van der Waals surface area contributed by atoms with Gasteiger partial charge in [-0.1, -0.05) is 30.3 Å². The van der Waals surface area contributed by atoms with Crippen molar-refractivity contribution in [2.24, 2.45) is 0 Å². The fourth-order valence-corrected chi connectivity index (χ4v) is 2.41. The van der Waals surface area contributed by atoms with Crippen molar-refractivity contribution >= 4 is 5.69 Å². The van der Waals surface area contributed by atoms with Crippen LogP contribution in [0.5, 0.6) is 0 Å². The van der Waals surface area contributed by atoms with Crippen LogP contribution in [0.4, 0.5) is 18.9 Å². The molecule has 0 amide bonds. The zero-order chi connectivity index (χ0) is 17.3. The number of rotatable bonds is 3. The minimum atomic E-state index is -4.40. The van der Waals surface area contributed by atoms with Crippen molar-refractivity contribution in [3.8, 4) is 11.4 Å². The first kappa shape index (κ1) is 16.0.